The van der Waals surface area contributed by atoms with Gasteiger partial charge in [0.15, 0.2) is 5.17 Å². The van der Waals surface area contributed by atoms with E-state index < -0.39 is 0 Å². The van der Waals surface area contributed by atoms with Crippen molar-refractivity contribution in [3.63, 3.8) is 0 Å². The number of nitrogens with zero attached hydrogens (tertiary/aromatic N) is 1. The van der Waals surface area contributed by atoms with Crippen molar-refractivity contribution in [2.24, 2.45) is 4.99 Å². The molecular formula is C13H17BrN2S. The Morgan fingerprint density at radius 3 is 2.88 bits per heavy atom. The normalized spacial score (nSPS) is 21.2. The number of rotatable bonds is 2. The predicted molar refractivity (Wildman–Crippen MR) is 79.6 cm³/mol. The van der Waals surface area contributed by atoms with E-state index in [1.54, 1.807) is 0 Å². The third kappa shape index (κ3) is 3.75. The van der Waals surface area contributed by atoms with E-state index in [2.05, 4.69) is 52.2 Å². The van der Waals surface area contributed by atoms with E-state index in [-0.39, 0.29) is 5.54 Å². The molecule has 0 atom stereocenters. The average Bonchev–Trinajstić information content (AvgIpc) is 2.27. The number of amidine groups is 1. The Hall–Kier alpha value is -0.480. The molecule has 0 unspecified atom stereocenters. The van der Waals surface area contributed by atoms with Gasteiger partial charge in [-0.3, -0.25) is 4.99 Å². The summed E-state index contributed by atoms with van der Waals surface area (Å²) in [5.41, 5.74) is 1.41. The summed E-state index contributed by atoms with van der Waals surface area (Å²) in [4.78, 5) is 4.65. The largest absolute Gasteiger partial charge is 0.360 e. The quantitative estimate of drug-likeness (QED) is 0.898. The Morgan fingerprint density at radius 2 is 2.18 bits per heavy atom. The van der Waals surface area contributed by atoms with Crippen molar-refractivity contribution >= 4 is 32.9 Å². The lowest BCUT2D eigenvalue weighted by Gasteiger charge is -2.32. The minimum absolute atomic E-state index is 0.179. The Bertz CT molecular complexity index is 429. The maximum atomic E-state index is 4.65. The highest BCUT2D eigenvalue weighted by Crippen LogP contribution is 2.23. The third-order valence-corrected chi connectivity index (χ3v) is 4.45. The molecule has 0 spiro atoms. The highest BCUT2D eigenvalue weighted by atomic mass is 79.9. The van der Waals surface area contributed by atoms with Crippen LogP contribution in [0.25, 0.3) is 0 Å². The van der Waals surface area contributed by atoms with Gasteiger partial charge in [0.2, 0.25) is 0 Å². The second-order valence-electron chi connectivity index (χ2n) is 4.82. The third-order valence-electron chi connectivity index (χ3n) is 2.76. The molecule has 0 aromatic heterocycles. The molecule has 4 heteroatoms. The van der Waals surface area contributed by atoms with E-state index in [9.17, 15) is 0 Å². The number of benzene rings is 1. The Labute approximate surface area is 115 Å². The lowest BCUT2D eigenvalue weighted by Crippen LogP contribution is -2.46. The topological polar surface area (TPSA) is 24.4 Å². The standard InChI is InChI=1S/C13H17BrN2S/c1-13(2)7-8-17-12(16-13)15-9-10-5-3-4-6-11(10)14/h3-6H,7-9H2,1-2H3,(H,15,16). The van der Waals surface area contributed by atoms with Gasteiger partial charge in [0, 0.05) is 15.8 Å². The number of hydrogen-bond acceptors (Lipinski definition) is 2. The molecule has 0 amide bonds. The number of hydrogen-bond donors (Lipinski definition) is 1. The predicted octanol–water partition coefficient (Wildman–Crippen LogP) is 3.81. The van der Waals surface area contributed by atoms with Crippen molar-refractivity contribution in [2.75, 3.05) is 5.75 Å². The molecule has 0 bridgehead atoms. The van der Waals surface area contributed by atoms with Crippen LogP contribution in [0, 0.1) is 0 Å². The van der Waals surface area contributed by atoms with Crippen LogP contribution in [0.2, 0.25) is 0 Å². The summed E-state index contributed by atoms with van der Waals surface area (Å²) < 4.78 is 1.13. The molecule has 2 nitrogen and oxygen atoms in total. The molecule has 1 aromatic carbocycles. The highest BCUT2D eigenvalue weighted by Gasteiger charge is 2.23. The summed E-state index contributed by atoms with van der Waals surface area (Å²) in [6, 6.07) is 8.23. The lowest BCUT2D eigenvalue weighted by atomic mass is 10.0. The van der Waals surface area contributed by atoms with E-state index in [1.807, 2.05) is 23.9 Å². The van der Waals surface area contributed by atoms with Gasteiger partial charge in [-0.2, -0.15) is 0 Å². The maximum Gasteiger partial charge on any atom is 0.157 e. The first-order valence-electron chi connectivity index (χ1n) is 5.76. The molecule has 0 saturated carbocycles. The number of thioether (sulfide) groups is 1. The summed E-state index contributed by atoms with van der Waals surface area (Å²) in [5, 5.41) is 4.55. The number of halogens is 1. The van der Waals surface area contributed by atoms with Crippen molar-refractivity contribution in [1.82, 2.24) is 5.32 Å². The van der Waals surface area contributed by atoms with Gasteiger partial charge in [-0.05, 0) is 31.9 Å². The number of nitrogens with one attached hydrogen (secondary N) is 1. The van der Waals surface area contributed by atoms with Gasteiger partial charge in [0.1, 0.15) is 0 Å². The maximum absolute atomic E-state index is 4.65. The van der Waals surface area contributed by atoms with Crippen LogP contribution in [-0.4, -0.2) is 16.5 Å². The van der Waals surface area contributed by atoms with Crippen molar-refractivity contribution in [3.05, 3.63) is 34.3 Å². The molecule has 0 aliphatic carbocycles. The molecule has 1 N–H and O–H groups in total. The SMILES string of the molecule is CC1(C)CCSC(=NCc2ccccc2Br)N1. The molecular weight excluding hydrogens is 296 g/mol. The van der Waals surface area contributed by atoms with Crippen molar-refractivity contribution < 1.29 is 0 Å². The monoisotopic (exact) mass is 312 g/mol. The van der Waals surface area contributed by atoms with E-state index in [0.717, 1.165) is 21.9 Å². The van der Waals surface area contributed by atoms with Gasteiger partial charge in [0.05, 0.1) is 6.54 Å². The van der Waals surface area contributed by atoms with Crippen molar-refractivity contribution in [1.29, 1.82) is 0 Å². The molecule has 1 heterocycles. The Morgan fingerprint density at radius 1 is 1.41 bits per heavy atom. The zero-order chi connectivity index (χ0) is 12.3. The van der Waals surface area contributed by atoms with Crippen LogP contribution in [0.5, 0.6) is 0 Å². The highest BCUT2D eigenvalue weighted by molar-refractivity contribution is 9.10. The summed E-state index contributed by atoms with van der Waals surface area (Å²) >= 11 is 5.36. The van der Waals surface area contributed by atoms with Crippen molar-refractivity contribution in [3.8, 4) is 0 Å². The smallest absolute Gasteiger partial charge is 0.157 e. The van der Waals surface area contributed by atoms with Gasteiger partial charge < -0.3 is 5.32 Å². The van der Waals surface area contributed by atoms with Crippen LogP contribution in [-0.2, 0) is 6.54 Å². The zero-order valence-corrected chi connectivity index (χ0v) is 12.6. The van der Waals surface area contributed by atoms with Crippen LogP contribution in [0.3, 0.4) is 0 Å². The van der Waals surface area contributed by atoms with E-state index >= 15 is 0 Å². The lowest BCUT2D eigenvalue weighted by molar-refractivity contribution is 0.446. The van der Waals surface area contributed by atoms with Gasteiger partial charge in [-0.1, -0.05) is 45.9 Å². The minimum Gasteiger partial charge on any atom is -0.360 e. The molecule has 0 radical (unpaired) electrons. The second kappa shape index (κ2) is 5.44. The molecule has 1 aliphatic heterocycles. The first kappa shape index (κ1) is 13.0. The van der Waals surface area contributed by atoms with Crippen LogP contribution in [0.1, 0.15) is 25.8 Å². The molecule has 1 aliphatic rings. The molecule has 92 valence electrons. The summed E-state index contributed by atoms with van der Waals surface area (Å²) in [6.45, 7) is 5.17. The van der Waals surface area contributed by atoms with Crippen LogP contribution in [0.4, 0.5) is 0 Å². The minimum atomic E-state index is 0.179. The molecule has 1 aromatic rings. The van der Waals surface area contributed by atoms with Gasteiger partial charge >= 0.3 is 0 Å². The first-order chi connectivity index (χ1) is 8.07. The van der Waals surface area contributed by atoms with Crippen LogP contribution >= 0.6 is 27.7 Å². The first-order valence-corrected chi connectivity index (χ1v) is 7.53. The zero-order valence-electron chi connectivity index (χ0n) is 10.2. The van der Waals surface area contributed by atoms with Crippen LogP contribution < -0.4 is 5.32 Å². The second-order valence-corrected chi connectivity index (χ2v) is 6.76. The molecule has 2 rings (SSSR count). The molecule has 17 heavy (non-hydrogen) atoms. The summed E-state index contributed by atoms with van der Waals surface area (Å²) in [5.74, 6) is 1.15. The van der Waals surface area contributed by atoms with E-state index in [4.69, 9.17) is 0 Å². The summed E-state index contributed by atoms with van der Waals surface area (Å²) in [7, 11) is 0. The van der Waals surface area contributed by atoms with E-state index in [1.165, 1.54) is 12.0 Å². The number of aliphatic imine (C=N–C) groups is 1. The fraction of sp³-hybridized carbons (Fsp3) is 0.462. The Balaban J connectivity index is 2.04. The Kier molecular flexibility index (Phi) is 4.15. The average molecular weight is 313 g/mol. The van der Waals surface area contributed by atoms with Gasteiger partial charge in [0.25, 0.3) is 0 Å². The fourth-order valence-electron chi connectivity index (χ4n) is 1.66. The van der Waals surface area contributed by atoms with Gasteiger partial charge in [-0.25, -0.2) is 0 Å². The van der Waals surface area contributed by atoms with Crippen LogP contribution in [0.15, 0.2) is 33.7 Å². The molecule has 1 fully saturated rings. The fourth-order valence-corrected chi connectivity index (χ4v) is 3.38. The van der Waals surface area contributed by atoms with E-state index in [0.29, 0.717) is 0 Å². The van der Waals surface area contributed by atoms with Crippen molar-refractivity contribution in [2.45, 2.75) is 32.4 Å². The van der Waals surface area contributed by atoms with Gasteiger partial charge in [-0.15, -0.1) is 0 Å². The summed E-state index contributed by atoms with van der Waals surface area (Å²) in [6.07, 6.45) is 1.19. The molecule has 1 saturated heterocycles.